The van der Waals surface area contributed by atoms with Gasteiger partial charge < -0.3 is 4.74 Å². The zero-order chi connectivity index (χ0) is 18.5. The highest BCUT2D eigenvalue weighted by Gasteiger charge is 2.19. The van der Waals surface area contributed by atoms with E-state index in [4.69, 9.17) is 8.92 Å². The van der Waals surface area contributed by atoms with Crippen LogP contribution in [-0.2, 0) is 21.7 Å². The fourth-order valence-corrected chi connectivity index (χ4v) is 3.10. The summed E-state index contributed by atoms with van der Waals surface area (Å²) in [5.74, 6) is 1.18. The fourth-order valence-electron chi connectivity index (χ4n) is 2.37. The minimum absolute atomic E-state index is 0.295. The van der Waals surface area contributed by atoms with Gasteiger partial charge in [0.15, 0.2) is 22.7 Å². The van der Waals surface area contributed by atoms with Gasteiger partial charge >= 0.3 is 6.09 Å². The minimum Gasteiger partial charge on any atom is -0.404 e. The number of H-pyrrole nitrogens is 1. The Morgan fingerprint density at radius 1 is 1.31 bits per heavy atom. The van der Waals surface area contributed by atoms with Crippen LogP contribution in [0.4, 0.5) is 10.5 Å². The highest BCUT2D eigenvalue weighted by atomic mass is 32.2. The van der Waals surface area contributed by atoms with Crippen molar-refractivity contribution in [3.63, 3.8) is 0 Å². The molecule has 3 aromatic rings. The number of carbonyl (C=O) groups is 1. The van der Waals surface area contributed by atoms with Gasteiger partial charge in [-0.3, -0.25) is 14.6 Å². The number of aryl methyl sites for hydroxylation is 2. The monoisotopic (exact) mass is 377 g/mol. The number of hydrogen-bond donors (Lipinski definition) is 2. The molecule has 0 aliphatic rings. The number of rotatable bonds is 7. The first-order valence-corrected chi connectivity index (χ1v) is 9.31. The molecule has 3 rings (SSSR count). The zero-order valence-electron chi connectivity index (χ0n) is 14.4. The molecule has 2 heterocycles. The molecular formula is C16H19N5O4S. The lowest BCUT2D eigenvalue weighted by Crippen LogP contribution is -2.17. The first kappa shape index (κ1) is 18.1. The molecule has 2 N–H and O–H groups in total. The third-order valence-electron chi connectivity index (χ3n) is 3.51. The van der Waals surface area contributed by atoms with Crippen LogP contribution in [0, 0.1) is 6.92 Å². The largest absolute Gasteiger partial charge is 0.417 e. The molecule has 0 aliphatic heterocycles. The normalized spacial score (nSPS) is 12.2. The number of fused-ring (bicyclic) bond motifs is 1. The second-order valence-corrected chi connectivity index (χ2v) is 6.64. The van der Waals surface area contributed by atoms with Crippen molar-refractivity contribution in [3.8, 4) is 5.75 Å². The number of ether oxygens (including phenoxy) is 1. The molecule has 1 amide bonds. The number of aromatic amines is 1. The molecule has 1 atom stereocenters. The lowest BCUT2D eigenvalue weighted by atomic mass is 10.3. The van der Waals surface area contributed by atoms with Gasteiger partial charge in [-0.15, -0.1) is 10.2 Å². The van der Waals surface area contributed by atoms with Gasteiger partial charge in [-0.05, 0) is 26.0 Å². The van der Waals surface area contributed by atoms with Gasteiger partial charge in [0.1, 0.15) is 0 Å². The molecule has 1 aromatic carbocycles. The van der Waals surface area contributed by atoms with Crippen LogP contribution in [0.2, 0.25) is 0 Å². The van der Waals surface area contributed by atoms with Crippen molar-refractivity contribution in [1.29, 1.82) is 0 Å². The molecule has 10 heteroatoms. The quantitative estimate of drug-likeness (QED) is 0.653. The van der Waals surface area contributed by atoms with E-state index in [2.05, 4.69) is 20.6 Å². The fraction of sp³-hybridized carbons (Fsp3) is 0.312. The summed E-state index contributed by atoms with van der Waals surface area (Å²) in [7, 11) is 0. The third-order valence-corrected chi connectivity index (χ3v) is 4.55. The van der Waals surface area contributed by atoms with E-state index in [1.165, 1.54) is 0 Å². The predicted octanol–water partition coefficient (Wildman–Crippen LogP) is 2.22. The van der Waals surface area contributed by atoms with Crippen molar-refractivity contribution in [2.75, 3.05) is 17.7 Å². The third kappa shape index (κ3) is 4.09. The second kappa shape index (κ2) is 8.11. The van der Waals surface area contributed by atoms with Crippen molar-refractivity contribution in [2.24, 2.45) is 0 Å². The molecule has 2 aromatic heterocycles. The predicted molar refractivity (Wildman–Crippen MR) is 96.5 cm³/mol. The molecule has 138 valence electrons. The van der Waals surface area contributed by atoms with Crippen LogP contribution >= 0.6 is 0 Å². The molecule has 0 radical (unpaired) electrons. The van der Waals surface area contributed by atoms with Crippen molar-refractivity contribution >= 4 is 28.5 Å². The van der Waals surface area contributed by atoms with Crippen molar-refractivity contribution in [1.82, 2.24) is 19.8 Å². The number of para-hydroxylation sites is 1. The molecule has 0 fully saturated rings. The lowest BCUT2D eigenvalue weighted by Gasteiger charge is -2.05. The first-order chi connectivity index (χ1) is 12.6. The Hall–Kier alpha value is -2.72. The van der Waals surface area contributed by atoms with Crippen molar-refractivity contribution in [3.05, 3.63) is 41.9 Å². The van der Waals surface area contributed by atoms with Crippen LogP contribution in [0.25, 0.3) is 5.65 Å². The van der Waals surface area contributed by atoms with E-state index in [0.29, 0.717) is 47.4 Å². The number of hydrogen-bond acceptors (Lipinski definition) is 6. The minimum atomic E-state index is -1.37. The Bertz CT molecular complexity index is 922. The second-order valence-electron chi connectivity index (χ2n) is 5.39. The molecule has 1 unspecified atom stereocenters. The lowest BCUT2D eigenvalue weighted by molar-refractivity contribution is 0.215. The Morgan fingerprint density at radius 3 is 2.81 bits per heavy atom. The topological polar surface area (TPSA) is 111 Å². The maximum absolute atomic E-state index is 12.1. The summed E-state index contributed by atoms with van der Waals surface area (Å²) in [5.41, 5.74) is 1.65. The summed E-state index contributed by atoms with van der Waals surface area (Å²) >= 11 is -1.37. The smallest absolute Gasteiger partial charge is 0.404 e. The maximum atomic E-state index is 12.1. The number of aromatic nitrogens is 4. The van der Waals surface area contributed by atoms with Gasteiger partial charge in [-0.1, -0.05) is 18.2 Å². The van der Waals surface area contributed by atoms with Crippen LogP contribution in [0.15, 0.2) is 30.3 Å². The van der Waals surface area contributed by atoms with Crippen LogP contribution in [0.3, 0.4) is 0 Å². The summed E-state index contributed by atoms with van der Waals surface area (Å²) in [5, 5.41) is 13.8. The molecule has 0 aliphatic carbocycles. The van der Waals surface area contributed by atoms with Gasteiger partial charge in [-0.2, -0.15) is 0 Å². The first-order valence-electron chi connectivity index (χ1n) is 8.06. The SMILES string of the molecule is CCOS(=O)CCc1nnc2c(OC(=O)Nc3ccccc3)c(C)[nH]n12. The average Bonchev–Trinajstić information content (AvgIpc) is 3.14. The molecule has 9 nitrogen and oxygen atoms in total. The van der Waals surface area contributed by atoms with E-state index in [-0.39, 0.29) is 0 Å². The number of amides is 1. The number of nitrogens with zero attached hydrogens (tertiary/aromatic N) is 3. The Balaban J connectivity index is 1.72. The van der Waals surface area contributed by atoms with Crippen LogP contribution in [0.1, 0.15) is 18.4 Å². The number of nitrogens with one attached hydrogen (secondary N) is 2. The van der Waals surface area contributed by atoms with E-state index in [1.54, 1.807) is 30.5 Å². The van der Waals surface area contributed by atoms with Gasteiger partial charge in [0.2, 0.25) is 5.65 Å². The molecule has 0 spiro atoms. The van der Waals surface area contributed by atoms with Gasteiger partial charge in [0.05, 0.1) is 18.1 Å². The average molecular weight is 377 g/mol. The number of carbonyl (C=O) groups excluding carboxylic acids is 1. The maximum Gasteiger partial charge on any atom is 0.417 e. The van der Waals surface area contributed by atoms with E-state index in [0.717, 1.165) is 0 Å². The van der Waals surface area contributed by atoms with E-state index >= 15 is 0 Å². The highest BCUT2D eigenvalue weighted by Crippen LogP contribution is 2.24. The van der Waals surface area contributed by atoms with Crippen molar-refractivity contribution in [2.45, 2.75) is 20.3 Å². The van der Waals surface area contributed by atoms with Crippen LogP contribution < -0.4 is 10.1 Å². The summed E-state index contributed by atoms with van der Waals surface area (Å²) in [6, 6.07) is 8.99. The van der Waals surface area contributed by atoms with E-state index in [1.807, 2.05) is 18.2 Å². The zero-order valence-corrected chi connectivity index (χ0v) is 15.2. The van der Waals surface area contributed by atoms with E-state index < -0.39 is 17.2 Å². The Labute approximate surface area is 152 Å². The highest BCUT2D eigenvalue weighted by molar-refractivity contribution is 7.80. The van der Waals surface area contributed by atoms with Gasteiger partial charge in [-0.25, -0.2) is 13.5 Å². The number of anilines is 1. The molecule has 0 saturated carbocycles. The molecule has 0 saturated heterocycles. The Kier molecular flexibility index (Phi) is 5.64. The molecule has 26 heavy (non-hydrogen) atoms. The molecular weight excluding hydrogens is 358 g/mol. The van der Waals surface area contributed by atoms with Gasteiger partial charge in [0, 0.05) is 12.1 Å². The summed E-state index contributed by atoms with van der Waals surface area (Å²) in [6.45, 7) is 3.94. The summed E-state index contributed by atoms with van der Waals surface area (Å²) < 4.78 is 23.6. The van der Waals surface area contributed by atoms with Crippen molar-refractivity contribution < 1.29 is 17.9 Å². The van der Waals surface area contributed by atoms with Gasteiger partial charge in [0.25, 0.3) is 0 Å². The summed E-state index contributed by atoms with van der Waals surface area (Å²) in [6.07, 6.45) is -0.216. The van der Waals surface area contributed by atoms with E-state index in [9.17, 15) is 9.00 Å². The van der Waals surface area contributed by atoms with Crippen LogP contribution in [0.5, 0.6) is 5.75 Å². The standard InChI is InChI=1S/C16H19N5O4S/c1-3-24-26(23)10-9-13-18-19-15-14(11(2)20-21(13)15)25-16(22)17-12-7-5-4-6-8-12/h4-8,20H,3,9-10H2,1-2H3,(H,17,22). The Morgan fingerprint density at radius 2 is 2.08 bits per heavy atom. The summed E-state index contributed by atoms with van der Waals surface area (Å²) in [4.78, 5) is 12.1. The van der Waals surface area contributed by atoms with Crippen LogP contribution in [-0.4, -0.2) is 42.5 Å². The number of benzene rings is 1. The molecule has 0 bridgehead atoms.